The van der Waals surface area contributed by atoms with Crippen LogP contribution in [0.15, 0.2) is 30.3 Å². The SMILES string of the molecule is COC1CCCN(C(C)C(N)c2ccccc2)C1. The molecule has 0 bridgehead atoms. The van der Waals surface area contributed by atoms with Gasteiger partial charge in [0.05, 0.1) is 6.10 Å². The highest BCUT2D eigenvalue weighted by molar-refractivity contribution is 5.20. The average Bonchev–Trinajstić information content (AvgIpc) is 2.46. The van der Waals surface area contributed by atoms with Crippen LogP contribution in [0.2, 0.25) is 0 Å². The molecule has 1 aliphatic rings. The van der Waals surface area contributed by atoms with Crippen molar-refractivity contribution in [2.24, 2.45) is 5.73 Å². The van der Waals surface area contributed by atoms with Crippen LogP contribution in [-0.2, 0) is 4.74 Å². The third kappa shape index (κ3) is 3.10. The maximum atomic E-state index is 6.37. The number of hydrogen-bond acceptors (Lipinski definition) is 3. The summed E-state index contributed by atoms with van der Waals surface area (Å²) in [6, 6.07) is 10.8. The van der Waals surface area contributed by atoms with Crippen LogP contribution in [0.3, 0.4) is 0 Å². The van der Waals surface area contributed by atoms with E-state index in [2.05, 4.69) is 36.1 Å². The number of likely N-dealkylation sites (tertiary alicyclic amines) is 1. The van der Waals surface area contributed by atoms with E-state index in [0.29, 0.717) is 12.1 Å². The summed E-state index contributed by atoms with van der Waals surface area (Å²) in [4.78, 5) is 2.45. The Morgan fingerprint density at radius 1 is 1.33 bits per heavy atom. The van der Waals surface area contributed by atoms with Crippen LogP contribution in [0.1, 0.15) is 31.4 Å². The standard InChI is InChI=1S/C15H24N2O/c1-12(15(16)13-7-4-3-5-8-13)17-10-6-9-14(11-17)18-2/h3-5,7-8,12,14-15H,6,9-11,16H2,1-2H3. The number of piperidine rings is 1. The molecular formula is C15H24N2O. The summed E-state index contributed by atoms with van der Waals surface area (Å²) in [6.07, 6.45) is 2.73. The van der Waals surface area contributed by atoms with Crippen molar-refractivity contribution in [3.8, 4) is 0 Å². The summed E-state index contributed by atoms with van der Waals surface area (Å²) >= 11 is 0. The molecule has 2 N–H and O–H groups in total. The molecule has 3 atom stereocenters. The Labute approximate surface area is 110 Å². The molecule has 1 aromatic carbocycles. The maximum Gasteiger partial charge on any atom is 0.0698 e. The van der Waals surface area contributed by atoms with Crippen LogP contribution < -0.4 is 5.73 Å². The fourth-order valence-corrected chi connectivity index (χ4v) is 2.71. The van der Waals surface area contributed by atoms with E-state index >= 15 is 0 Å². The van der Waals surface area contributed by atoms with Crippen LogP contribution in [0, 0.1) is 0 Å². The minimum atomic E-state index is 0.0711. The van der Waals surface area contributed by atoms with Crippen LogP contribution >= 0.6 is 0 Å². The van der Waals surface area contributed by atoms with E-state index in [1.807, 2.05) is 6.07 Å². The Bertz CT molecular complexity index is 355. The van der Waals surface area contributed by atoms with Crippen LogP contribution in [0.5, 0.6) is 0 Å². The Hall–Kier alpha value is -0.900. The van der Waals surface area contributed by atoms with Crippen molar-refractivity contribution in [3.63, 3.8) is 0 Å². The predicted octanol–water partition coefficient (Wildman–Crippen LogP) is 2.19. The normalized spacial score (nSPS) is 24.7. The largest absolute Gasteiger partial charge is 0.380 e. The zero-order valence-electron chi connectivity index (χ0n) is 11.4. The van der Waals surface area contributed by atoms with Gasteiger partial charge in [0.2, 0.25) is 0 Å². The average molecular weight is 248 g/mol. The van der Waals surface area contributed by atoms with Gasteiger partial charge in [-0.1, -0.05) is 30.3 Å². The maximum absolute atomic E-state index is 6.37. The Morgan fingerprint density at radius 2 is 2.06 bits per heavy atom. The van der Waals surface area contributed by atoms with Crippen LogP contribution in [0.25, 0.3) is 0 Å². The first-order valence-corrected chi connectivity index (χ1v) is 6.79. The smallest absolute Gasteiger partial charge is 0.0698 e. The number of hydrogen-bond donors (Lipinski definition) is 1. The molecule has 1 fully saturated rings. The van der Waals surface area contributed by atoms with E-state index in [1.165, 1.54) is 18.4 Å². The van der Waals surface area contributed by atoms with Gasteiger partial charge >= 0.3 is 0 Å². The van der Waals surface area contributed by atoms with Crippen molar-refractivity contribution >= 4 is 0 Å². The first-order chi connectivity index (χ1) is 8.72. The molecule has 1 heterocycles. The number of nitrogens with zero attached hydrogens (tertiary/aromatic N) is 1. The molecule has 3 heteroatoms. The van der Waals surface area contributed by atoms with Gasteiger partial charge in [-0.25, -0.2) is 0 Å². The molecule has 1 aliphatic heterocycles. The minimum Gasteiger partial charge on any atom is -0.380 e. The number of rotatable bonds is 4. The van der Waals surface area contributed by atoms with Gasteiger partial charge in [0.15, 0.2) is 0 Å². The van der Waals surface area contributed by atoms with E-state index in [9.17, 15) is 0 Å². The highest BCUT2D eigenvalue weighted by Gasteiger charge is 2.27. The van der Waals surface area contributed by atoms with Crippen molar-refractivity contribution in [2.75, 3.05) is 20.2 Å². The molecule has 3 unspecified atom stereocenters. The minimum absolute atomic E-state index is 0.0711. The molecule has 0 radical (unpaired) electrons. The molecule has 0 saturated carbocycles. The number of ether oxygens (including phenoxy) is 1. The van der Waals surface area contributed by atoms with Crippen molar-refractivity contribution in [2.45, 2.75) is 38.0 Å². The van der Waals surface area contributed by atoms with E-state index in [4.69, 9.17) is 10.5 Å². The van der Waals surface area contributed by atoms with Crippen molar-refractivity contribution in [3.05, 3.63) is 35.9 Å². The molecule has 0 aliphatic carbocycles. The Balaban J connectivity index is 2.00. The van der Waals surface area contributed by atoms with Crippen LogP contribution in [-0.4, -0.2) is 37.2 Å². The summed E-state index contributed by atoms with van der Waals surface area (Å²) in [5.74, 6) is 0. The molecule has 18 heavy (non-hydrogen) atoms. The molecule has 3 nitrogen and oxygen atoms in total. The first-order valence-electron chi connectivity index (χ1n) is 6.79. The van der Waals surface area contributed by atoms with Crippen molar-refractivity contribution in [1.29, 1.82) is 0 Å². The third-order valence-corrected chi connectivity index (χ3v) is 4.02. The highest BCUT2D eigenvalue weighted by Crippen LogP contribution is 2.22. The first kappa shape index (κ1) is 13.5. The lowest BCUT2D eigenvalue weighted by atomic mass is 9.97. The summed E-state index contributed by atoms with van der Waals surface area (Å²) < 4.78 is 5.47. The van der Waals surface area contributed by atoms with E-state index in [0.717, 1.165) is 13.1 Å². The topological polar surface area (TPSA) is 38.5 Å². The fourth-order valence-electron chi connectivity index (χ4n) is 2.71. The molecular weight excluding hydrogens is 224 g/mol. The lowest BCUT2D eigenvalue weighted by molar-refractivity contribution is 0.0131. The van der Waals surface area contributed by atoms with Crippen molar-refractivity contribution in [1.82, 2.24) is 4.90 Å². The van der Waals surface area contributed by atoms with E-state index < -0.39 is 0 Å². The van der Waals surface area contributed by atoms with Gasteiger partial charge in [-0.05, 0) is 31.9 Å². The number of benzene rings is 1. The molecule has 0 spiro atoms. The van der Waals surface area contributed by atoms with E-state index in [-0.39, 0.29) is 6.04 Å². The van der Waals surface area contributed by atoms with Gasteiger partial charge in [-0.2, -0.15) is 0 Å². The number of nitrogens with two attached hydrogens (primary N) is 1. The van der Waals surface area contributed by atoms with Crippen LogP contribution in [0.4, 0.5) is 0 Å². The Morgan fingerprint density at radius 3 is 2.72 bits per heavy atom. The summed E-state index contributed by atoms with van der Waals surface area (Å²) in [5.41, 5.74) is 7.59. The van der Waals surface area contributed by atoms with Gasteiger partial charge in [-0.15, -0.1) is 0 Å². The highest BCUT2D eigenvalue weighted by atomic mass is 16.5. The van der Waals surface area contributed by atoms with Gasteiger partial charge in [0, 0.05) is 25.7 Å². The quantitative estimate of drug-likeness (QED) is 0.887. The Kier molecular flexibility index (Phi) is 4.75. The predicted molar refractivity (Wildman–Crippen MR) is 74.4 cm³/mol. The van der Waals surface area contributed by atoms with E-state index in [1.54, 1.807) is 7.11 Å². The van der Waals surface area contributed by atoms with Gasteiger partial charge < -0.3 is 10.5 Å². The monoisotopic (exact) mass is 248 g/mol. The van der Waals surface area contributed by atoms with Crippen molar-refractivity contribution < 1.29 is 4.74 Å². The second-order valence-electron chi connectivity index (χ2n) is 5.17. The molecule has 100 valence electrons. The zero-order chi connectivity index (χ0) is 13.0. The molecule has 1 aromatic rings. The molecule has 0 amide bonds. The molecule has 1 saturated heterocycles. The van der Waals surface area contributed by atoms with Gasteiger partial charge in [0.1, 0.15) is 0 Å². The van der Waals surface area contributed by atoms with Gasteiger partial charge in [-0.3, -0.25) is 4.90 Å². The molecule has 2 rings (SSSR count). The summed E-state index contributed by atoms with van der Waals surface area (Å²) in [5, 5.41) is 0. The second-order valence-corrected chi connectivity index (χ2v) is 5.17. The molecule has 0 aromatic heterocycles. The third-order valence-electron chi connectivity index (χ3n) is 4.02. The number of methoxy groups -OCH3 is 1. The zero-order valence-corrected chi connectivity index (χ0v) is 11.4. The summed E-state index contributed by atoms with van der Waals surface area (Å²) in [7, 11) is 1.80. The summed E-state index contributed by atoms with van der Waals surface area (Å²) in [6.45, 7) is 4.34. The lowest BCUT2D eigenvalue weighted by Gasteiger charge is -2.38. The van der Waals surface area contributed by atoms with Gasteiger partial charge in [0.25, 0.3) is 0 Å². The second kappa shape index (κ2) is 6.32. The fraction of sp³-hybridized carbons (Fsp3) is 0.600. The lowest BCUT2D eigenvalue weighted by Crippen LogP contribution is -2.48.